The highest BCUT2D eigenvalue weighted by Gasteiger charge is 2.28. The van der Waals surface area contributed by atoms with Crippen molar-refractivity contribution in [2.75, 3.05) is 17.1 Å². The van der Waals surface area contributed by atoms with Gasteiger partial charge in [0.1, 0.15) is 11.9 Å². The predicted molar refractivity (Wildman–Crippen MR) is 132 cm³/mol. The van der Waals surface area contributed by atoms with E-state index in [0.29, 0.717) is 0 Å². The summed E-state index contributed by atoms with van der Waals surface area (Å²) in [7, 11) is -3.75. The van der Waals surface area contributed by atoms with Crippen molar-refractivity contribution in [2.45, 2.75) is 58.7 Å². The minimum Gasteiger partial charge on any atom is -0.350 e. The summed E-state index contributed by atoms with van der Waals surface area (Å²) in [5.41, 5.74) is 0.356. The van der Waals surface area contributed by atoms with E-state index in [9.17, 15) is 22.4 Å². The van der Waals surface area contributed by atoms with Crippen molar-refractivity contribution in [3.8, 4) is 0 Å². The lowest BCUT2D eigenvalue weighted by atomic mass is 10.1. The molecule has 2 aromatic rings. The first-order valence-corrected chi connectivity index (χ1v) is 13.0. The number of hydrogen-bond donors (Lipinski definition) is 1. The average molecular weight is 492 g/mol. The van der Waals surface area contributed by atoms with Crippen LogP contribution in [0.2, 0.25) is 0 Å². The third-order valence-corrected chi connectivity index (χ3v) is 6.31. The molecule has 0 saturated carbocycles. The zero-order chi connectivity index (χ0) is 25.5. The molecule has 0 heterocycles. The second-order valence-electron chi connectivity index (χ2n) is 9.31. The molecule has 1 N–H and O–H groups in total. The molecule has 0 fully saturated rings. The van der Waals surface area contributed by atoms with Crippen molar-refractivity contribution < 1.29 is 22.4 Å². The van der Waals surface area contributed by atoms with Crippen LogP contribution in [0.25, 0.3) is 0 Å². The van der Waals surface area contributed by atoms with Crippen molar-refractivity contribution in [2.24, 2.45) is 0 Å². The third-order valence-electron chi connectivity index (χ3n) is 5.13. The number of nitrogens with one attached hydrogen (secondary N) is 1. The smallest absolute Gasteiger partial charge is 0.242 e. The molecule has 0 unspecified atom stereocenters. The van der Waals surface area contributed by atoms with Gasteiger partial charge in [-0.1, -0.05) is 42.5 Å². The highest BCUT2D eigenvalue weighted by atomic mass is 32.2. The van der Waals surface area contributed by atoms with Gasteiger partial charge in [0.2, 0.25) is 21.8 Å². The molecule has 0 aliphatic heterocycles. The van der Waals surface area contributed by atoms with E-state index in [4.69, 9.17) is 0 Å². The van der Waals surface area contributed by atoms with E-state index in [2.05, 4.69) is 5.32 Å². The molecule has 1 atom stereocenters. The van der Waals surface area contributed by atoms with Gasteiger partial charge in [0.25, 0.3) is 0 Å². The first-order valence-electron chi connectivity index (χ1n) is 11.2. The third kappa shape index (κ3) is 8.13. The van der Waals surface area contributed by atoms with Gasteiger partial charge in [-0.3, -0.25) is 13.9 Å². The summed E-state index contributed by atoms with van der Waals surface area (Å²) in [5.74, 6) is -1.22. The van der Waals surface area contributed by atoms with Crippen LogP contribution in [0.4, 0.5) is 10.1 Å². The highest BCUT2D eigenvalue weighted by molar-refractivity contribution is 7.92. The van der Waals surface area contributed by atoms with Crippen LogP contribution in [0.3, 0.4) is 0 Å². The summed E-state index contributed by atoms with van der Waals surface area (Å²) in [6, 6.07) is 14.2. The summed E-state index contributed by atoms with van der Waals surface area (Å²) in [4.78, 5) is 27.5. The summed E-state index contributed by atoms with van der Waals surface area (Å²) in [6.45, 7) is 7.44. The number of hydrogen-bond acceptors (Lipinski definition) is 4. The van der Waals surface area contributed by atoms with E-state index in [1.54, 1.807) is 13.0 Å². The van der Waals surface area contributed by atoms with Gasteiger partial charge >= 0.3 is 0 Å². The van der Waals surface area contributed by atoms with Crippen molar-refractivity contribution >= 4 is 27.5 Å². The van der Waals surface area contributed by atoms with Crippen LogP contribution in [0, 0.1) is 5.82 Å². The van der Waals surface area contributed by atoms with Crippen molar-refractivity contribution in [3.05, 3.63) is 66.0 Å². The molecule has 0 aliphatic carbocycles. The monoisotopic (exact) mass is 491 g/mol. The van der Waals surface area contributed by atoms with Crippen LogP contribution in [0.1, 0.15) is 46.1 Å². The van der Waals surface area contributed by atoms with Gasteiger partial charge in [0.15, 0.2) is 0 Å². The molecule has 9 heteroatoms. The standard InChI is InChI=1S/C25H34FN3O4S/c1-19(24(31)27-25(2,3)4)28(18-20-12-7-6-8-13-20)23(30)16-11-17-29(34(5,32)33)22-15-10-9-14-21(22)26/h6-10,12-15,19H,11,16-18H2,1-5H3,(H,27,31)/t19-/m0/s1. The van der Waals surface area contributed by atoms with Gasteiger partial charge in [-0.2, -0.15) is 0 Å². The molecule has 7 nitrogen and oxygen atoms in total. The van der Waals surface area contributed by atoms with E-state index < -0.39 is 27.4 Å². The molecular formula is C25H34FN3O4S. The first kappa shape index (κ1) is 27.3. The first-order chi connectivity index (χ1) is 15.8. The second kappa shape index (κ2) is 11.5. The van der Waals surface area contributed by atoms with Crippen molar-refractivity contribution in [1.29, 1.82) is 0 Å². The Hall–Kier alpha value is -2.94. The summed E-state index contributed by atoms with van der Waals surface area (Å²) < 4.78 is 39.7. The number of benzene rings is 2. The Morgan fingerprint density at radius 3 is 2.18 bits per heavy atom. The Bertz CT molecular complexity index is 1080. The molecular weight excluding hydrogens is 457 g/mol. The Morgan fingerprint density at radius 1 is 1.03 bits per heavy atom. The lowest BCUT2D eigenvalue weighted by Crippen LogP contribution is -2.52. The van der Waals surface area contributed by atoms with Crippen LogP contribution in [-0.2, 0) is 26.2 Å². The maximum atomic E-state index is 14.2. The van der Waals surface area contributed by atoms with Gasteiger partial charge in [-0.25, -0.2) is 12.8 Å². The number of carbonyl (C=O) groups is 2. The maximum absolute atomic E-state index is 14.2. The Balaban J connectivity index is 2.17. The zero-order valence-corrected chi connectivity index (χ0v) is 21.2. The lowest BCUT2D eigenvalue weighted by Gasteiger charge is -2.32. The fourth-order valence-electron chi connectivity index (χ4n) is 3.47. The lowest BCUT2D eigenvalue weighted by molar-refractivity contribution is -0.141. The van der Waals surface area contributed by atoms with Crippen molar-refractivity contribution in [1.82, 2.24) is 10.2 Å². The molecule has 2 rings (SSSR count). The largest absolute Gasteiger partial charge is 0.350 e. The van der Waals surface area contributed by atoms with Crippen LogP contribution in [0.15, 0.2) is 54.6 Å². The minimum atomic E-state index is -3.75. The van der Waals surface area contributed by atoms with E-state index in [1.165, 1.54) is 23.1 Å². The average Bonchev–Trinajstić information content (AvgIpc) is 2.74. The normalized spacial score (nSPS) is 12.6. The minimum absolute atomic E-state index is 0.000441. The number of anilines is 1. The van der Waals surface area contributed by atoms with Gasteiger partial charge in [0, 0.05) is 25.0 Å². The Labute approximate surface area is 202 Å². The molecule has 2 amide bonds. The molecule has 186 valence electrons. The van der Waals surface area contributed by atoms with E-state index in [0.717, 1.165) is 16.1 Å². The van der Waals surface area contributed by atoms with Crippen molar-refractivity contribution in [3.63, 3.8) is 0 Å². The number of amides is 2. The summed E-state index contributed by atoms with van der Waals surface area (Å²) in [6.07, 6.45) is 1.17. The number of rotatable bonds is 10. The van der Waals surface area contributed by atoms with E-state index in [1.807, 2.05) is 51.1 Å². The highest BCUT2D eigenvalue weighted by Crippen LogP contribution is 2.22. The van der Waals surface area contributed by atoms with Crippen LogP contribution < -0.4 is 9.62 Å². The number of carbonyl (C=O) groups excluding carboxylic acids is 2. The molecule has 0 aromatic heterocycles. The SMILES string of the molecule is C[C@@H](C(=O)NC(C)(C)C)N(Cc1ccccc1)C(=O)CCCN(c1ccccc1F)S(C)(=O)=O. The molecule has 0 spiro atoms. The van der Waals surface area contributed by atoms with E-state index >= 15 is 0 Å². The number of nitrogens with zero attached hydrogens (tertiary/aromatic N) is 2. The number of halogens is 1. The summed E-state index contributed by atoms with van der Waals surface area (Å²) in [5, 5.41) is 2.90. The molecule has 0 radical (unpaired) electrons. The van der Waals surface area contributed by atoms with Crippen LogP contribution in [0.5, 0.6) is 0 Å². The Morgan fingerprint density at radius 2 is 1.62 bits per heavy atom. The number of para-hydroxylation sites is 1. The quantitative estimate of drug-likeness (QED) is 0.549. The molecule has 34 heavy (non-hydrogen) atoms. The van der Waals surface area contributed by atoms with Gasteiger partial charge in [-0.05, 0) is 51.8 Å². The predicted octanol–water partition coefficient (Wildman–Crippen LogP) is 3.70. The molecule has 0 bridgehead atoms. The summed E-state index contributed by atoms with van der Waals surface area (Å²) >= 11 is 0. The van der Waals surface area contributed by atoms with Gasteiger partial charge in [0.05, 0.1) is 11.9 Å². The molecule has 0 aliphatic rings. The fraction of sp³-hybridized carbons (Fsp3) is 0.440. The molecule has 2 aromatic carbocycles. The second-order valence-corrected chi connectivity index (χ2v) is 11.2. The zero-order valence-electron chi connectivity index (χ0n) is 20.4. The van der Waals surface area contributed by atoms with E-state index in [-0.39, 0.29) is 43.4 Å². The van der Waals surface area contributed by atoms with Gasteiger partial charge < -0.3 is 10.2 Å². The van der Waals surface area contributed by atoms with Crippen LogP contribution in [-0.4, -0.2) is 49.5 Å². The van der Waals surface area contributed by atoms with Gasteiger partial charge in [-0.15, -0.1) is 0 Å². The van der Waals surface area contributed by atoms with Crippen LogP contribution >= 0.6 is 0 Å². The topological polar surface area (TPSA) is 86.8 Å². The molecule has 0 saturated heterocycles. The number of sulfonamides is 1. The Kier molecular flexibility index (Phi) is 9.21. The maximum Gasteiger partial charge on any atom is 0.242 e. The fourth-order valence-corrected chi connectivity index (χ4v) is 4.44.